The van der Waals surface area contributed by atoms with Crippen molar-refractivity contribution in [1.82, 2.24) is 10.6 Å². The summed E-state index contributed by atoms with van der Waals surface area (Å²) in [4.78, 5) is 28.9. The number of nitrogens with zero attached hydrogens (tertiary/aromatic N) is 2. The molecule has 2 aromatic carbocycles. The molecule has 6 nitrogen and oxygen atoms in total. The minimum Gasteiger partial charge on any atom is -0.353 e. The van der Waals surface area contributed by atoms with Crippen molar-refractivity contribution in [2.75, 3.05) is 43.0 Å². The zero-order valence-corrected chi connectivity index (χ0v) is 21.0. The van der Waals surface area contributed by atoms with E-state index in [1.807, 2.05) is 32.9 Å². The lowest BCUT2D eigenvalue weighted by Crippen LogP contribution is -2.45. The number of benzene rings is 2. The average molecular weight is 500 g/mol. The third kappa shape index (κ3) is 7.85. The standard InChI is InChI=1S/C23H29Cl3N4O2/c1-15(2)27-9-10-28-22(31)13-30(21-8-5-17(24)11-16(21)3)14-23(32)29(4)18-6-7-19(25)20(26)12-18/h5-8,11-12,15,27H,9-10,13-14H2,1-4H3,(H,28,31). The van der Waals surface area contributed by atoms with Crippen LogP contribution in [0.2, 0.25) is 15.1 Å². The highest BCUT2D eigenvalue weighted by atomic mass is 35.5. The van der Waals surface area contributed by atoms with Gasteiger partial charge in [-0.3, -0.25) is 9.59 Å². The lowest BCUT2D eigenvalue weighted by molar-refractivity contribution is -0.119. The van der Waals surface area contributed by atoms with Crippen molar-refractivity contribution in [1.29, 1.82) is 0 Å². The molecule has 0 radical (unpaired) electrons. The van der Waals surface area contributed by atoms with Crippen molar-refractivity contribution < 1.29 is 9.59 Å². The van der Waals surface area contributed by atoms with E-state index in [2.05, 4.69) is 10.6 Å². The SMILES string of the molecule is Cc1cc(Cl)ccc1N(CC(=O)NCCNC(C)C)CC(=O)N(C)c1ccc(Cl)c(Cl)c1. The lowest BCUT2D eigenvalue weighted by Gasteiger charge is -2.28. The Morgan fingerprint density at radius 2 is 1.69 bits per heavy atom. The van der Waals surface area contributed by atoms with Crippen LogP contribution in [0.15, 0.2) is 36.4 Å². The molecule has 174 valence electrons. The largest absolute Gasteiger partial charge is 0.353 e. The van der Waals surface area contributed by atoms with E-state index in [0.29, 0.717) is 39.9 Å². The first kappa shape index (κ1) is 26.3. The molecule has 0 saturated carbocycles. The van der Waals surface area contributed by atoms with Gasteiger partial charge in [-0.15, -0.1) is 0 Å². The number of carbonyl (C=O) groups excluding carboxylic acids is 2. The number of aryl methyl sites for hydroxylation is 1. The summed E-state index contributed by atoms with van der Waals surface area (Å²) < 4.78 is 0. The Morgan fingerprint density at radius 1 is 0.969 bits per heavy atom. The predicted molar refractivity (Wildman–Crippen MR) is 134 cm³/mol. The molecule has 0 aromatic heterocycles. The quantitative estimate of drug-likeness (QED) is 0.471. The summed E-state index contributed by atoms with van der Waals surface area (Å²) in [6.07, 6.45) is 0. The highest BCUT2D eigenvalue weighted by molar-refractivity contribution is 6.42. The van der Waals surface area contributed by atoms with Gasteiger partial charge in [0.05, 0.1) is 23.1 Å². The monoisotopic (exact) mass is 498 g/mol. The summed E-state index contributed by atoms with van der Waals surface area (Å²) in [6.45, 7) is 7.18. The normalized spacial score (nSPS) is 10.9. The number of rotatable bonds is 10. The van der Waals surface area contributed by atoms with Crippen LogP contribution in [-0.4, -0.2) is 51.1 Å². The summed E-state index contributed by atoms with van der Waals surface area (Å²) in [5.41, 5.74) is 2.25. The van der Waals surface area contributed by atoms with Crippen LogP contribution in [0.1, 0.15) is 19.4 Å². The zero-order valence-electron chi connectivity index (χ0n) is 18.7. The summed E-state index contributed by atoms with van der Waals surface area (Å²) in [5, 5.41) is 7.51. The van der Waals surface area contributed by atoms with E-state index in [1.54, 1.807) is 36.2 Å². The number of hydrogen-bond acceptors (Lipinski definition) is 4. The van der Waals surface area contributed by atoms with Gasteiger partial charge in [0.25, 0.3) is 0 Å². The van der Waals surface area contributed by atoms with Crippen LogP contribution >= 0.6 is 34.8 Å². The van der Waals surface area contributed by atoms with Gasteiger partial charge >= 0.3 is 0 Å². The van der Waals surface area contributed by atoms with E-state index in [9.17, 15) is 9.59 Å². The molecule has 0 saturated heterocycles. The molecule has 0 heterocycles. The molecule has 0 unspecified atom stereocenters. The minimum atomic E-state index is -0.202. The molecule has 0 aliphatic heterocycles. The van der Waals surface area contributed by atoms with E-state index in [-0.39, 0.29) is 24.9 Å². The molecule has 0 aliphatic rings. The molecular formula is C23H29Cl3N4O2. The van der Waals surface area contributed by atoms with Crippen molar-refractivity contribution in [2.45, 2.75) is 26.8 Å². The molecule has 2 amide bonds. The first-order valence-electron chi connectivity index (χ1n) is 10.3. The number of likely N-dealkylation sites (N-methyl/N-ethyl adjacent to an activating group) is 1. The number of nitrogens with one attached hydrogen (secondary N) is 2. The van der Waals surface area contributed by atoms with Gasteiger partial charge < -0.3 is 20.4 Å². The summed E-state index contributed by atoms with van der Waals surface area (Å²) in [7, 11) is 1.66. The van der Waals surface area contributed by atoms with Crippen LogP contribution in [0.3, 0.4) is 0 Å². The fourth-order valence-electron chi connectivity index (χ4n) is 3.10. The van der Waals surface area contributed by atoms with Gasteiger partial charge in [0.2, 0.25) is 11.8 Å². The molecule has 0 bridgehead atoms. The molecule has 2 aromatic rings. The highest BCUT2D eigenvalue weighted by Crippen LogP contribution is 2.27. The molecule has 9 heteroatoms. The molecule has 0 atom stereocenters. The maximum absolute atomic E-state index is 13.1. The van der Waals surface area contributed by atoms with Gasteiger partial charge in [-0.05, 0) is 48.9 Å². The summed E-state index contributed by atoms with van der Waals surface area (Å²) in [5.74, 6) is -0.373. The van der Waals surface area contributed by atoms with Crippen LogP contribution in [-0.2, 0) is 9.59 Å². The van der Waals surface area contributed by atoms with E-state index in [4.69, 9.17) is 34.8 Å². The second-order valence-electron chi connectivity index (χ2n) is 7.80. The fraction of sp³-hybridized carbons (Fsp3) is 0.391. The molecular weight excluding hydrogens is 471 g/mol. The third-order valence-electron chi connectivity index (χ3n) is 4.82. The second kappa shape index (κ2) is 12.3. The Hall–Kier alpha value is -1.99. The molecule has 0 spiro atoms. The summed E-state index contributed by atoms with van der Waals surface area (Å²) in [6, 6.07) is 10.7. The van der Waals surface area contributed by atoms with Crippen molar-refractivity contribution in [2.24, 2.45) is 0 Å². The Labute approximate surface area is 204 Å². The van der Waals surface area contributed by atoms with Crippen LogP contribution in [0.5, 0.6) is 0 Å². The van der Waals surface area contributed by atoms with Crippen molar-refractivity contribution in [3.63, 3.8) is 0 Å². The third-order valence-corrected chi connectivity index (χ3v) is 5.80. The minimum absolute atomic E-state index is 0.00309. The number of anilines is 2. The average Bonchev–Trinajstić information content (AvgIpc) is 2.72. The Morgan fingerprint density at radius 3 is 2.31 bits per heavy atom. The molecule has 2 rings (SSSR count). The van der Waals surface area contributed by atoms with Gasteiger partial charge in [0.1, 0.15) is 0 Å². The first-order chi connectivity index (χ1) is 15.1. The fourth-order valence-corrected chi connectivity index (χ4v) is 3.62. The van der Waals surface area contributed by atoms with E-state index < -0.39 is 0 Å². The molecule has 0 aliphatic carbocycles. The molecule has 2 N–H and O–H groups in total. The van der Waals surface area contributed by atoms with Crippen LogP contribution in [0.25, 0.3) is 0 Å². The number of halogens is 3. The number of hydrogen-bond donors (Lipinski definition) is 2. The first-order valence-corrected chi connectivity index (χ1v) is 11.4. The van der Waals surface area contributed by atoms with E-state index >= 15 is 0 Å². The number of amides is 2. The van der Waals surface area contributed by atoms with Crippen LogP contribution < -0.4 is 20.4 Å². The van der Waals surface area contributed by atoms with Crippen molar-refractivity contribution in [3.05, 3.63) is 57.0 Å². The van der Waals surface area contributed by atoms with Gasteiger partial charge in [-0.2, -0.15) is 0 Å². The van der Waals surface area contributed by atoms with E-state index in [1.165, 1.54) is 4.90 Å². The van der Waals surface area contributed by atoms with Crippen molar-refractivity contribution >= 4 is 58.0 Å². The van der Waals surface area contributed by atoms with E-state index in [0.717, 1.165) is 11.3 Å². The van der Waals surface area contributed by atoms with Gasteiger partial charge in [0, 0.05) is 42.6 Å². The zero-order chi connectivity index (χ0) is 23.8. The number of carbonyl (C=O) groups is 2. The molecule has 32 heavy (non-hydrogen) atoms. The Balaban J connectivity index is 2.15. The van der Waals surface area contributed by atoms with Gasteiger partial charge in [0.15, 0.2) is 0 Å². The topological polar surface area (TPSA) is 64.7 Å². The highest BCUT2D eigenvalue weighted by Gasteiger charge is 2.20. The summed E-state index contributed by atoms with van der Waals surface area (Å²) >= 11 is 18.2. The maximum atomic E-state index is 13.1. The van der Waals surface area contributed by atoms with Gasteiger partial charge in [-0.25, -0.2) is 0 Å². The van der Waals surface area contributed by atoms with Crippen LogP contribution in [0, 0.1) is 6.92 Å². The van der Waals surface area contributed by atoms with Gasteiger partial charge in [-0.1, -0.05) is 48.7 Å². The predicted octanol–water partition coefficient (Wildman–Crippen LogP) is 4.54. The molecule has 0 fully saturated rings. The van der Waals surface area contributed by atoms with Crippen LogP contribution in [0.4, 0.5) is 11.4 Å². The Bertz CT molecular complexity index is 953. The smallest absolute Gasteiger partial charge is 0.246 e. The maximum Gasteiger partial charge on any atom is 0.246 e. The second-order valence-corrected chi connectivity index (χ2v) is 9.05. The lowest BCUT2D eigenvalue weighted by atomic mass is 10.1. The Kier molecular flexibility index (Phi) is 10.1. The van der Waals surface area contributed by atoms with Crippen molar-refractivity contribution in [3.8, 4) is 0 Å².